The molecule has 2 rings (SSSR count). The molecule has 1 aromatic heterocycles. The third kappa shape index (κ3) is 3.43. The molecule has 0 radical (unpaired) electrons. The van der Waals surface area contributed by atoms with E-state index in [9.17, 15) is 4.79 Å². The van der Waals surface area contributed by atoms with Crippen LogP contribution in [0, 0.1) is 0 Å². The maximum atomic E-state index is 11.7. The van der Waals surface area contributed by atoms with Crippen LogP contribution in [0.2, 0.25) is 10.0 Å². The van der Waals surface area contributed by atoms with Crippen molar-refractivity contribution < 1.29 is 4.79 Å². The molecule has 7 heteroatoms. The molecule has 0 bridgehead atoms. The maximum Gasteiger partial charge on any atom is 0.269 e. The molecular weight excluding hydrogens is 305 g/mol. The summed E-state index contributed by atoms with van der Waals surface area (Å²) in [6, 6.07) is 6.76. The average molecular weight is 316 g/mol. The Morgan fingerprint density at radius 3 is 2.84 bits per heavy atom. The lowest BCUT2D eigenvalue weighted by Crippen LogP contribution is -2.25. The number of carbonyl (C=O) groups is 1. The monoisotopic (exact) mass is 315 g/mol. The fourth-order valence-corrected chi connectivity index (χ4v) is 2.15. The van der Waals surface area contributed by atoms with E-state index >= 15 is 0 Å². The zero-order valence-corrected chi connectivity index (χ0v) is 12.2. The van der Waals surface area contributed by atoms with Crippen molar-refractivity contribution in [2.24, 2.45) is 0 Å². The Morgan fingerprint density at radius 1 is 1.37 bits per heavy atom. The van der Waals surface area contributed by atoms with Crippen LogP contribution < -0.4 is 5.32 Å². The summed E-state index contributed by atoms with van der Waals surface area (Å²) in [6.07, 6.45) is 0. The third-order valence-corrected chi connectivity index (χ3v) is 3.20. The fraction of sp³-hybridized carbons (Fsp3) is 0.167. The number of hydrogen-bond acceptors (Lipinski definition) is 3. The number of aromatic amines is 1. The second-order valence-electron chi connectivity index (χ2n) is 3.77. The highest BCUT2D eigenvalue weighted by molar-refractivity contribution is 7.80. The van der Waals surface area contributed by atoms with Gasteiger partial charge in [0, 0.05) is 22.9 Å². The van der Waals surface area contributed by atoms with Crippen molar-refractivity contribution in [3.8, 4) is 11.3 Å². The summed E-state index contributed by atoms with van der Waals surface area (Å²) in [4.78, 5) is 11.7. The van der Waals surface area contributed by atoms with E-state index in [2.05, 4.69) is 28.1 Å². The van der Waals surface area contributed by atoms with Crippen molar-refractivity contribution >= 4 is 41.7 Å². The van der Waals surface area contributed by atoms with Crippen molar-refractivity contribution in [2.45, 2.75) is 0 Å². The quantitative estimate of drug-likeness (QED) is 0.759. The van der Waals surface area contributed by atoms with Crippen molar-refractivity contribution in [3.63, 3.8) is 0 Å². The molecule has 2 aromatic rings. The molecule has 1 heterocycles. The Hall–Kier alpha value is -1.17. The number of nitrogens with zero attached hydrogens (tertiary/aromatic N) is 1. The molecule has 0 atom stereocenters. The third-order valence-electron chi connectivity index (χ3n) is 2.43. The molecule has 4 nitrogen and oxygen atoms in total. The molecule has 0 aliphatic carbocycles. The molecule has 0 saturated carbocycles. The van der Waals surface area contributed by atoms with Gasteiger partial charge in [0.1, 0.15) is 5.69 Å². The van der Waals surface area contributed by atoms with E-state index in [0.29, 0.717) is 33.7 Å². The molecule has 0 aliphatic heterocycles. The topological polar surface area (TPSA) is 57.8 Å². The minimum absolute atomic E-state index is 0.224. The van der Waals surface area contributed by atoms with Gasteiger partial charge in [-0.05, 0) is 24.3 Å². The van der Waals surface area contributed by atoms with Gasteiger partial charge in [0.15, 0.2) is 0 Å². The molecule has 2 N–H and O–H groups in total. The lowest BCUT2D eigenvalue weighted by atomic mass is 10.1. The summed E-state index contributed by atoms with van der Waals surface area (Å²) in [5.74, 6) is 0.355. The van der Waals surface area contributed by atoms with E-state index in [0.717, 1.165) is 5.56 Å². The van der Waals surface area contributed by atoms with Crippen LogP contribution in [-0.4, -0.2) is 28.4 Å². The van der Waals surface area contributed by atoms with E-state index in [4.69, 9.17) is 23.2 Å². The smallest absolute Gasteiger partial charge is 0.269 e. The van der Waals surface area contributed by atoms with Crippen molar-refractivity contribution in [2.75, 3.05) is 12.3 Å². The molecule has 0 spiro atoms. The first kappa shape index (κ1) is 14.2. The van der Waals surface area contributed by atoms with Gasteiger partial charge in [-0.3, -0.25) is 9.89 Å². The number of aromatic nitrogens is 2. The molecule has 0 saturated heterocycles. The Morgan fingerprint density at radius 2 is 2.16 bits per heavy atom. The van der Waals surface area contributed by atoms with Gasteiger partial charge in [-0.2, -0.15) is 17.7 Å². The maximum absolute atomic E-state index is 11.7. The van der Waals surface area contributed by atoms with Crippen LogP contribution in [0.25, 0.3) is 11.3 Å². The lowest BCUT2D eigenvalue weighted by molar-refractivity contribution is 0.0951. The molecule has 1 amide bonds. The number of H-pyrrole nitrogens is 1. The van der Waals surface area contributed by atoms with Gasteiger partial charge >= 0.3 is 0 Å². The second-order valence-corrected chi connectivity index (χ2v) is 5.06. The number of carbonyl (C=O) groups excluding carboxylic acids is 1. The van der Waals surface area contributed by atoms with Crippen LogP contribution in [0.3, 0.4) is 0 Å². The van der Waals surface area contributed by atoms with Crippen LogP contribution in [-0.2, 0) is 0 Å². The second kappa shape index (κ2) is 6.32. The first-order valence-corrected chi connectivity index (χ1v) is 6.90. The van der Waals surface area contributed by atoms with Gasteiger partial charge in [-0.15, -0.1) is 0 Å². The van der Waals surface area contributed by atoms with E-state index in [1.807, 2.05) is 0 Å². The van der Waals surface area contributed by atoms with Crippen LogP contribution >= 0.6 is 35.8 Å². The Bertz CT molecular complexity index is 600. The van der Waals surface area contributed by atoms with Crippen LogP contribution in [0.1, 0.15) is 10.5 Å². The normalized spacial score (nSPS) is 10.5. The van der Waals surface area contributed by atoms with Gasteiger partial charge in [-0.25, -0.2) is 0 Å². The van der Waals surface area contributed by atoms with Crippen molar-refractivity contribution in [3.05, 3.63) is 40.0 Å². The molecule has 19 heavy (non-hydrogen) atoms. The number of hydrogen-bond donors (Lipinski definition) is 3. The summed E-state index contributed by atoms with van der Waals surface area (Å²) in [6.45, 7) is 0.498. The Kier molecular flexibility index (Phi) is 4.74. The van der Waals surface area contributed by atoms with Crippen LogP contribution in [0.15, 0.2) is 24.3 Å². The largest absolute Gasteiger partial charge is 0.350 e. The number of thiol groups is 1. The first-order chi connectivity index (χ1) is 9.11. The fourth-order valence-electron chi connectivity index (χ4n) is 1.54. The minimum Gasteiger partial charge on any atom is -0.350 e. The molecule has 0 aliphatic rings. The highest BCUT2D eigenvalue weighted by Crippen LogP contribution is 2.29. The molecule has 1 aromatic carbocycles. The van der Waals surface area contributed by atoms with E-state index in [-0.39, 0.29) is 5.91 Å². The zero-order chi connectivity index (χ0) is 13.8. The average Bonchev–Trinajstić information content (AvgIpc) is 2.85. The minimum atomic E-state index is -0.224. The Balaban J connectivity index is 2.23. The van der Waals surface area contributed by atoms with Gasteiger partial charge in [-0.1, -0.05) is 23.2 Å². The number of halogens is 2. The standard InChI is InChI=1S/C12H11Cl2N3OS/c13-7-1-2-8(9(14)5-7)10-6-11(17-16-10)12(18)15-3-4-19/h1-2,5-6,19H,3-4H2,(H,15,18)(H,16,17). The summed E-state index contributed by atoms with van der Waals surface area (Å²) >= 11 is 15.9. The van der Waals surface area contributed by atoms with Gasteiger partial charge in [0.05, 0.1) is 10.7 Å². The van der Waals surface area contributed by atoms with Gasteiger partial charge in [0.2, 0.25) is 0 Å². The zero-order valence-electron chi connectivity index (χ0n) is 9.78. The van der Waals surface area contributed by atoms with Crippen molar-refractivity contribution in [1.82, 2.24) is 15.5 Å². The highest BCUT2D eigenvalue weighted by Gasteiger charge is 2.12. The van der Waals surface area contributed by atoms with Crippen molar-refractivity contribution in [1.29, 1.82) is 0 Å². The predicted molar refractivity (Wildman–Crippen MR) is 80.2 cm³/mol. The summed E-state index contributed by atoms with van der Waals surface area (Å²) in [7, 11) is 0. The number of benzene rings is 1. The summed E-state index contributed by atoms with van der Waals surface area (Å²) in [5, 5.41) is 10.5. The van der Waals surface area contributed by atoms with Crippen LogP contribution in [0.4, 0.5) is 0 Å². The molecular formula is C12H11Cl2N3OS. The lowest BCUT2D eigenvalue weighted by Gasteiger charge is -2.00. The summed E-state index contributed by atoms with van der Waals surface area (Å²) in [5.41, 5.74) is 1.69. The van der Waals surface area contributed by atoms with E-state index < -0.39 is 0 Å². The highest BCUT2D eigenvalue weighted by atomic mass is 35.5. The van der Waals surface area contributed by atoms with Crippen LogP contribution in [0.5, 0.6) is 0 Å². The first-order valence-electron chi connectivity index (χ1n) is 5.51. The molecule has 0 fully saturated rings. The van der Waals surface area contributed by atoms with E-state index in [1.54, 1.807) is 24.3 Å². The number of nitrogens with one attached hydrogen (secondary N) is 2. The number of rotatable bonds is 4. The summed E-state index contributed by atoms with van der Waals surface area (Å²) < 4.78 is 0. The predicted octanol–water partition coefficient (Wildman–Crippen LogP) is 3.04. The number of amides is 1. The van der Waals surface area contributed by atoms with Gasteiger partial charge < -0.3 is 5.32 Å². The molecule has 100 valence electrons. The van der Waals surface area contributed by atoms with E-state index in [1.165, 1.54) is 0 Å². The van der Waals surface area contributed by atoms with Gasteiger partial charge in [0.25, 0.3) is 5.91 Å². The SMILES string of the molecule is O=C(NCCS)c1cc(-c2ccc(Cl)cc2Cl)n[nH]1. The Labute approximate surface area is 125 Å². The molecule has 0 unspecified atom stereocenters.